The molecule has 0 unspecified atom stereocenters. The first-order valence-corrected chi connectivity index (χ1v) is 7.51. The molecule has 2 aromatic heterocycles. The average molecular weight is 314 g/mol. The van der Waals surface area contributed by atoms with E-state index in [0.717, 1.165) is 19.3 Å². The first kappa shape index (κ1) is 15.6. The van der Waals surface area contributed by atoms with Gasteiger partial charge in [0, 0.05) is 12.4 Å². The number of unbranched alkanes of at least 4 members (excludes halogenated alkanes) is 1. The Morgan fingerprint density at radius 3 is 2.71 bits per heavy atom. The van der Waals surface area contributed by atoms with Crippen LogP contribution in [0.15, 0.2) is 0 Å². The summed E-state index contributed by atoms with van der Waals surface area (Å²) < 4.78 is 12.6. The summed E-state index contributed by atoms with van der Waals surface area (Å²) in [5.74, 6) is 0.831. The number of aromatic nitrogens is 4. The standard InChI is InChI=1S/C13H20ClN5O2/c1-3-4-8-21-12-17-10(15)9-11(18-12)19(7-5-6-14)13(16-9)20-2/h3-8H2,1-2H3,(H2,15,17,18). The molecule has 0 amide bonds. The lowest BCUT2D eigenvalue weighted by Gasteiger charge is -2.07. The molecule has 0 aromatic carbocycles. The molecule has 0 spiro atoms. The third-order valence-electron chi connectivity index (χ3n) is 2.99. The molecule has 7 nitrogen and oxygen atoms in total. The van der Waals surface area contributed by atoms with E-state index in [-0.39, 0.29) is 11.8 Å². The van der Waals surface area contributed by atoms with Gasteiger partial charge in [-0.1, -0.05) is 13.3 Å². The van der Waals surface area contributed by atoms with Crippen molar-refractivity contribution in [1.29, 1.82) is 0 Å². The van der Waals surface area contributed by atoms with Crippen molar-refractivity contribution in [3.63, 3.8) is 0 Å². The number of imidazole rings is 1. The molecule has 8 heteroatoms. The van der Waals surface area contributed by atoms with E-state index in [1.807, 2.05) is 4.57 Å². The molecule has 0 radical (unpaired) electrons. The summed E-state index contributed by atoms with van der Waals surface area (Å²) in [6, 6.07) is 0.713. The summed E-state index contributed by atoms with van der Waals surface area (Å²) in [6.07, 6.45) is 2.76. The number of nitrogen functional groups attached to an aromatic ring is 1. The Morgan fingerprint density at radius 1 is 1.24 bits per heavy atom. The van der Waals surface area contributed by atoms with Gasteiger partial charge in [-0.25, -0.2) is 0 Å². The van der Waals surface area contributed by atoms with E-state index in [0.29, 0.717) is 36.2 Å². The highest BCUT2D eigenvalue weighted by Gasteiger charge is 2.17. The number of ether oxygens (including phenoxy) is 2. The van der Waals surface area contributed by atoms with E-state index in [2.05, 4.69) is 21.9 Å². The molecule has 0 aliphatic heterocycles. The number of alkyl halides is 1. The summed E-state index contributed by atoms with van der Waals surface area (Å²) in [4.78, 5) is 12.8. The normalized spacial score (nSPS) is 11.0. The molecule has 2 rings (SSSR count). The predicted molar refractivity (Wildman–Crippen MR) is 82.0 cm³/mol. The quantitative estimate of drug-likeness (QED) is 0.594. The fourth-order valence-corrected chi connectivity index (χ4v) is 2.05. The van der Waals surface area contributed by atoms with Crippen LogP contribution < -0.4 is 15.2 Å². The van der Waals surface area contributed by atoms with Crippen LogP contribution in [0.5, 0.6) is 12.0 Å². The third-order valence-corrected chi connectivity index (χ3v) is 3.26. The van der Waals surface area contributed by atoms with Gasteiger partial charge in [0.05, 0.1) is 13.7 Å². The van der Waals surface area contributed by atoms with Gasteiger partial charge in [-0.15, -0.1) is 11.6 Å². The zero-order valence-electron chi connectivity index (χ0n) is 12.3. The Hall–Kier alpha value is -1.76. The van der Waals surface area contributed by atoms with Gasteiger partial charge >= 0.3 is 6.01 Å². The predicted octanol–water partition coefficient (Wildman–Crippen LogP) is 2.22. The van der Waals surface area contributed by atoms with Gasteiger partial charge in [0.2, 0.25) is 0 Å². The van der Waals surface area contributed by atoms with Gasteiger partial charge in [-0.05, 0) is 12.8 Å². The monoisotopic (exact) mass is 313 g/mol. The molecule has 2 N–H and O–H groups in total. The Morgan fingerprint density at radius 2 is 2.05 bits per heavy atom. The van der Waals surface area contributed by atoms with Crippen molar-refractivity contribution in [3.8, 4) is 12.0 Å². The van der Waals surface area contributed by atoms with Crippen molar-refractivity contribution in [2.45, 2.75) is 32.7 Å². The topological polar surface area (TPSA) is 88.1 Å². The number of hydrogen-bond donors (Lipinski definition) is 1. The number of nitrogens with zero attached hydrogens (tertiary/aromatic N) is 4. The summed E-state index contributed by atoms with van der Waals surface area (Å²) in [6.45, 7) is 3.30. The van der Waals surface area contributed by atoms with Crippen LogP contribution >= 0.6 is 11.6 Å². The second kappa shape index (κ2) is 7.31. The number of fused-ring (bicyclic) bond motifs is 1. The van der Waals surface area contributed by atoms with Crippen LogP contribution in [-0.4, -0.2) is 39.1 Å². The van der Waals surface area contributed by atoms with E-state index in [4.69, 9.17) is 26.8 Å². The number of aryl methyl sites for hydroxylation is 1. The average Bonchev–Trinajstić information content (AvgIpc) is 2.84. The Bertz CT molecular complexity index is 602. The second-order valence-corrected chi connectivity index (χ2v) is 4.94. The van der Waals surface area contributed by atoms with Crippen molar-refractivity contribution in [3.05, 3.63) is 0 Å². The zero-order valence-corrected chi connectivity index (χ0v) is 13.1. The molecule has 0 saturated heterocycles. The number of halogens is 1. The molecule has 2 heterocycles. The van der Waals surface area contributed by atoms with Crippen LogP contribution in [-0.2, 0) is 6.54 Å². The minimum Gasteiger partial charge on any atom is -0.468 e. The van der Waals surface area contributed by atoms with E-state index >= 15 is 0 Å². The maximum Gasteiger partial charge on any atom is 0.320 e. The SMILES string of the molecule is CCCCOc1nc(N)c2nc(OC)n(CCCCl)c2n1. The first-order valence-electron chi connectivity index (χ1n) is 6.97. The lowest BCUT2D eigenvalue weighted by Crippen LogP contribution is -2.06. The smallest absolute Gasteiger partial charge is 0.320 e. The molecule has 21 heavy (non-hydrogen) atoms. The highest BCUT2D eigenvalue weighted by atomic mass is 35.5. The van der Waals surface area contributed by atoms with E-state index in [1.54, 1.807) is 7.11 Å². The van der Waals surface area contributed by atoms with E-state index < -0.39 is 0 Å². The molecule has 0 aliphatic carbocycles. The first-order chi connectivity index (χ1) is 10.2. The molecule has 2 aromatic rings. The van der Waals surface area contributed by atoms with Gasteiger partial charge in [-0.2, -0.15) is 15.0 Å². The molecular weight excluding hydrogens is 294 g/mol. The summed E-state index contributed by atoms with van der Waals surface area (Å²) in [5, 5.41) is 0. The molecule has 0 aliphatic rings. The van der Waals surface area contributed by atoms with E-state index in [1.165, 1.54) is 0 Å². The van der Waals surface area contributed by atoms with Gasteiger partial charge < -0.3 is 15.2 Å². The van der Waals surface area contributed by atoms with Crippen LogP contribution in [0.2, 0.25) is 0 Å². The number of nitrogens with two attached hydrogens (primary N) is 1. The molecule has 116 valence electrons. The van der Waals surface area contributed by atoms with Crippen molar-refractivity contribution in [1.82, 2.24) is 19.5 Å². The number of methoxy groups -OCH3 is 1. The van der Waals surface area contributed by atoms with Crippen LogP contribution in [0.1, 0.15) is 26.2 Å². The van der Waals surface area contributed by atoms with Crippen LogP contribution in [0.4, 0.5) is 5.82 Å². The fourth-order valence-electron chi connectivity index (χ4n) is 1.93. The van der Waals surface area contributed by atoms with Crippen molar-refractivity contribution in [2.24, 2.45) is 0 Å². The maximum absolute atomic E-state index is 5.94. The zero-order chi connectivity index (χ0) is 15.2. The van der Waals surface area contributed by atoms with Crippen molar-refractivity contribution >= 4 is 28.6 Å². The lowest BCUT2D eigenvalue weighted by atomic mass is 10.4. The van der Waals surface area contributed by atoms with Crippen molar-refractivity contribution < 1.29 is 9.47 Å². The Kier molecular flexibility index (Phi) is 5.44. The van der Waals surface area contributed by atoms with Gasteiger partial charge in [0.1, 0.15) is 0 Å². The third kappa shape index (κ3) is 3.47. The van der Waals surface area contributed by atoms with Crippen LogP contribution in [0.25, 0.3) is 11.2 Å². The van der Waals surface area contributed by atoms with Crippen LogP contribution in [0, 0.1) is 0 Å². The van der Waals surface area contributed by atoms with Gasteiger partial charge in [-0.3, -0.25) is 4.57 Å². The van der Waals surface area contributed by atoms with Gasteiger partial charge in [0.15, 0.2) is 17.0 Å². The highest BCUT2D eigenvalue weighted by Crippen LogP contribution is 2.25. The summed E-state index contributed by atoms with van der Waals surface area (Å²) in [5.41, 5.74) is 7.06. The second-order valence-electron chi connectivity index (χ2n) is 4.56. The van der Waals surface area contributed by atoms with E-state index in [9.17, 15) is 0 Å². The molecular formula is C13H20ClN5O2. The minimum atomic E-state index is 0.267. The maximum atomic E-state index is 5.94. The van der Waals surface area contributed by atoms with Crippen molar-refractivity contribution in [2.75, 3.05) is 25.3 Å². The number of anilines is 1. The molecule has 0 bridgehead atoms. The molecule has 0 fully saturated rings. The Labute approximate surface area is 128 Å². The summed E-state index contributed by atoms with van der Waals surface area (Å²) in [7, 11) is 1.56. The summed E-state index contributed by atoms with van der Waals surface area (Å²) >= 11 is 5.76. The lowest BCUT2D eigenvalue weighted by molar-refractivity contribution is 0.286. The van der Waals surface area contributed by atoms with Crippen LogP contribution in [0.3, 0.4) is 0 Å². The largest absolute Gasteiger partial charge is 0.468 e. The highest BCUT2D eigenvalue weighted by molar-refractivity contribution is 6.17. The molecule has 0 saturated carbocycles. The number of hydrogen-bond acceptors (Lipinski definition) is 6. The minimum absolute atomic E-state index is 0.267. The number of rotatable bonds is 8. The van der Waals surface area contributed by atoms with Gasteiger partial charge in [0.25, 0.3) is 6.01 Å². The molecule has 0 atom stereocenters. The fraction of sp³-hybridized carbons (Fsp3) is 0.615. The Balaban J connectivity index is 2.38.